The third kappa shape index (κ3) is 4.38. The number of carbonyl (C=O) groups is 2. The Morgan fingerprint density at radius 3 is 2.33 bits per heavy atom. The van der Waals surface area contributed by atoms with Crippen molar-refractivity contribution in [1.82, 2.24) is 9.88 Å². The SMILES string of the molecule is CCC(=O)N(C)c1ccccc1C(=O)N(C)C(C)c1sc(C(C)C)nc1C. The summed E-state index contributed by atoms with van der Waals surface area (Å²) in [6.07, 6.45) is 0.392. The maximum absolute atomic E-state index is 13.2. The molecule has 0 spiro atoms. The molecular formula is C21H29N3O2S. The highest BCUT2D eigenvalue weighted by molar-refractivity contribution is 7.11. The zero-order valence-electron chi connectivity index (χ0n) is 17.2. The van der Waals surface area contributed by atoms with Crippen LogP contribution in [0.5, 0.6) is 0 Å². The first kappa shape index (κ1) is 21.1. The van der Waals surface area contributed by atoms with Gasteiger partial charge in [-0.3, -0.25) is 9.59 Å². The van der Waals surface area contributed by atoms with Crippen molar-refractivity contribution in [1.29, 1.82) is 0 Å². The predicted molar refractivity (Wildman–Crippen MR) is 112 cm³/mol. The minimum Gasteiger partial charge on any atom is -0.334 e. The van der Waals surface area contributed by atoms with Gasteiger partial charge in [0.05, 0.1) is 28.0 Å². The van der Waals surface area contributed by atoms with Crippen molar-refractivity contribution in [2.75, 3.05) is 19.0 Å². The van der Waals surface area contributed by atoms with Gasteiger partial charge in [-0.2, -0.15) is 0 Å². The van der Waals surface area contributed by atoms with Gasteiger partial charge in [-0.25, -0.2) is 4.98 Å². The molecule has 0 bridgehead atoms. The quantitative estimate of drug-likeness (QED) is 0.717. The zero-order valence-corrected chi connectivity index (χ0v) is 18.1. The summed E-state index contributed by atoms with van der Waals surface area (Å²) in [5.74, 6) is 0.240. The first-order valence-electron chi connectivity index (χ1n) is 9.28. The van der Waals surface area contributed by atoms with Gasteiger partial charge in [0.25, 0.3) is 5.91 Å². The van der Waals surface area contributed by atoms with E-state index in [2.05, 4.69) is 18.8 Å². The van der Waals surface area contributed by atoms with Crippen molar-refractivity contribution >= 4 is 28.8 Å². The molecule has 0 aliphatic rings. The Balaban J connectivity index is 2.34. The van der Waals surface area contributed by atoms with Crippen LogP contribution in [0, 0.1) is 6.92 Å². The molecule has 0 aliphatic heterocycles. The van der Waals surface area contributed by atoms with Gasteiger partial charge in [0.15, 0.2) is 0 Å². The minimum atomic E-state index is -0.104. The van der Waals surface area contributed by atoms with Gasteiger partial charge < -0.3 is 9.80 Å². The normalized spacial score (nSPS) is 12.1. The average Bonchev–Trinajstić information content (AvgIpc) is 3.07. The van der Waals surface area contributed by atoms with Crippen molar-refractivity contribution in [2.24, 2.45) is 0 Å². The number of nitrogens with zero attached hydrogens (tertiary/aromatic N) is 3. The van der Waals surface area contributed by atoms with Gasteiger partial charge in [0, 0.05) is 31.3 Å². The van der Waals surface area contributed by atoms with Crippen LogP contribution in [0.15, 0.2) is 24.3 Å². The Morgan fingerprint density at radius 2 is 1.78 bits per heavy atom. The number of aromatic nitrogens is 1. The number of para-hydroxylation sites is 1. The first-order valence-corrected chi connectivity index (χ1v) is 10.1. The van der Waals surface area contributed by atoms with Crippen molar-refractivity contribution in [3.05, 3.63) is 45.4 Å². The second kappa shape index (κ2) is 8.65. The van der Waals surface area contributed by atoms with Crippen molar-refractivity contribution in [2.45, 2.75) is 53.0 Å². The molecule has 1 aromatic carbocycles. The monoisotopic (exact) mass is 387 g/mol. The number of thiazole rings is 1. The fraction of sp³-hybridized carbons (Fsp3) is 0.476. The summed E-state index contributed by atoms with van der Waals surface area (Å²) in [4.78, 5) is 34.4. The summed E-state index contributed by atoms with van der Waals surface area (Å²) < 4.78 is 0. The summed E-state index contributed by atoms with van der Waals surface area (Å²) in [6, 6.07) is 7.17. The molecule has 1 unspecified atom stereocenters. The van der Waals surface area contributed by atoms with Gasteiger partial charge in [-0.15, -0.1) is 11.3 Å². The largest absolute Gasteiger partial charge is 0.334 e. The molecule has 1 heterocycles. The van der Waals surface area contributed by atoms with Gasteiger partial charge in [-0.05, 0) is 26.0 Å². The third-order valence-electron chi connectivity index (χ3n) is 4.80. The molecule has 0 aliphatic carbocycles. The molecule has 0 N–H and O–H groups in total. The Labute approximate surface area is 166 Å². The van der Waals surface area contributed by atoms with Gasteiger partial charge >= 0.3 is 0 Å². The lowest BCUT2D eigenvalue weighted by atomic mass is 10.1. The van der Waals surface area contributed by atoms with Crippen LogP contribution in [0.4, 0.5) is 5.69 Å². The number of carbonyl (C=O) groups excluding carboxylic acids is 2. The maximum Gasteiger partial charge on any atom is 0.256 e. The second-order valence-corrected chi connectivity index (χ2v) is 8.13. The van der Waals surface area contributed by atoms with Crippen LogP contribution < -0.4 is 4.90 Å². The van der Waals surface area contributed by atoms with E-state index in [0.717, 1.165) is 15.6 Å². The van der Waals surface area contributed by atoms with Crippen LogP contribution >= 0.6 is 11.3 Å². The van der Waals surface area contributed by atoms with E-state index in [0.29, 0.717) is 23.6 Å². The van der Waals surface area contributed by atoms with Crippen LogP contribution in [-0.2, 0) is 4.79 Å². The molecular weight excluding hydrogens is 358 g/mol. The molecule has 2 aromatic rings. The van der Waals surface area contributed by atoms with E-state index in [1.807, 2.05) is 39.0 Å². The molecule has 2 amide bonds. The molecule has 27 heavy (non-hydrogen) atoms. The fourth-order valence-electron chi connectivity index (χ4n) is 2.92. The van der Waals surface area contributed by atoms with Crippen molar-refractivity contribution < 1.29 is 9.59 Å². The highest BCUT2D eigenvalue weighted by atomic mass is 32.1. The van der Waals surface area contributed by atoms with Gasteiger partial charge in [0.1, 0.15) is 0 Å². The zero-order chi connectivity index (χ0) is 20.3. The lowest BCUT2D eigenvalue weighted by Gasteiger charge is -2.27. The standard InChI is InChI=1S/C21H29N3O2S/c1-8-18(25)24(7)17-12-10-9-11-16(17)21(26)23(6)15(5)19-14(4)22-20(27-19)13(2)3/h9-13,15H,8H2,1-7H3. The summed E-state index contributed by atoms with van der Waals surface area (Å²) in [6.45, 7) is 10.1. The summed E-state index contributed by atoms with van der Waals surface area (Å²) in [5.41, 5.74) is 2.14. The topological polar surface area (TPSA) is 53.5 Å². The van der Waals surface area contributed by atoms with E-state index in [1.54, 1.807) is 41.3 Å². The Hall–Kier alpha value is -2.21. The van der Waals surface area contributed by atoms with Crippen molar-refractivity contribution in [3.8, 4) is 0 Å². The highest BCUT2D eigenvalue weighted by Gasteiger charge is 2.26. The van der Waals surface area contributed by atoms with Gasteiger partial charge in [0.2, 0.25) is 5.91 Å². The number of anilines is 1. The molecule has 146 valence electrons. The number of hydrogen-bond acceptors (Lipinski definition) is 4. The molecule has 1 atom stereocenters. The number of rotatable bonds is 6. The van der Waals surface area contributed by atoms with Crippen molar-refractivity contribution in [3.63, 3.8) is 0 Å². The van der Waals surface area contributed by atoms with Gasteiger partial charge in [-0.1, -0.05) is 32.9 Å². The van der Waals surface area contributed by atoms with E-state index in [1.165, 1.54) is 0 Å². The summed E-state index contributed by atoms with van der Waals surface area (Å²) >= 11 is 1.67. The molecule has 0 fully saturated rings. The molecule has 0 saturated heterocycles. The van der Waals surface area contributed by atoms with E-state index >= 15 is 0 Å². The summed E-state index contributed by atoms with van der Waals surface area (Å²) in [7, 11) is 3.52. The molecule has 6 heteroatoms. The average molecular weight is 388 g/mol. The number of hydrogen-bond donors (Lipinski definition) is 0. The van der Waals surface area contributed by atoms with Crippen LogP contribution in [-0.4, -0.2) is 35.8 Å². The van der Waals surface area contributed by atoms with E-state index in [-0.39, 0.29) is 17.9 Å². The first-order chi connectivity index (χ1) is 12.7. The highest BCUT2D eigenvalue weighted by Crippen LogP contribution is 2.33. The van der Waals surface area contributed by atoms with E-state index in [4.69, 9.17) is 0 Å². The molecule has 2 rings (SSSR count). The number of amides is 2. The lowest BCUT2D eigenvalue weighted by Crippen LogP contribution is -2.33. The molecule has 0 saturated carbocycles. The molecule has 5 nitrogen and oxygen atoms in total. The van der Waals surface area contributed by atoms with Crippen LogP contribution in [0.25, 0.3) is 0 Å². The summed E-state index contributed by atoms with van der Waals surface area (Å²) in [5, 5.41) is 1.09. The van der Waals surface area contributed by atoms with Crippen LogP contribution in [0.3, 0.4) is 0 Å². The Kier molecular flexibility index (Phi) is 6.76. The maximum atomic E-state index is 13.2. The van der Waals surface area contributed by atoms with Crippen LogP contribution in [0.1, 0.15) is 72.0 Å². The van der Waals surface area contributed by atoms with E-state index in [9.17, 15) is 9.59 Å². The Bertz CT molecular complexity index is 829. The smallest absolute Gasteiger partial charge is 0.256 e. The van der Waals surface area contributed by atoms with E-state index < -0.39 is 0 Å². The number of benzene rings is 1. The third-order valence-corrected chi connectivity index (χ3v) is 6.42. The minimum absolute atomic E-state index is 0.0224. The molecule has 1 aromatic heterocycles. The predicted octanol–water partition coefficient (Wildman–Crippen LogP) is 4.78. The second-order valence-electron chi connectivity index (χ2n) is 7.07. The lowest BCUT2D eigenvalue weighted by molar-refractivity contribution is -0.118. The number of aryl methyl sites for hydroxylation is 1. The Morgan fingerprint density at radius 1 is 1.15 bits per heavy atom. The van der Waals surface area contributed by atoms with Crippen LogP contribution in [0.2, 0.25) is 0 Å². The fourth-order valence-corrected chi connectivity index (χ4v) is 4.09. The molecule has 0 radical (unpaired) electrons.